The van der Waals surface area contributed by atoms with Gasteiger partial charge in [0, 0.05) is 45.5 Å². The Labute approximate surface area is 211 Å². The molecule has 2 amide bonds. The minimum atomic E-state index is -0.507. The monoisotopic (exact) mass is 483 g/mol. The van der Waals surface area contributed by atoms with Gasteiger partial charge in [0.1, 0.15) is 11.4 Å². The smallest absolute Gasteiger partial charge is 0.410 e. The maximum Gasteiger partial charge on any atom is 0.410 e. The summed E-state index contributed by atoms with van der Waals surface area (Å²) in [5.41, 5.74) is 2.01. The van der Waals surface area contributed by atoms with Gasteiger partial charge < -0.3 is 24.2 Å². The number of rotatable bonds is 8. The molecule has 7 heteroatoms. The Balaban J connectivity index is 0.00000456. The van der Waals surface area contributed by atoms with Crippen LogP contribution in [0.4, 0.5) is 16.2 Å². The van der Waals surface area contributed by atoms with Crippen molar-refractivity contribution in [3.63, 3.8) is 0 Å². The average Bonchev–Trinajstić information content (AvgIpc) is 3.32. The number of hydrogen-bond acceptors (Lipinski definition) is 5. The second kappa shape index (κ2) is 11.5. The van der Waals surface area contributed by atoms with Gasteiger partial charge in [-0.2, -0.15) is 0 Å². The molecular weight excluding hydrogens is 442 g/mol. The highest BCUT2D eigenvalue weighted by Gasteiger charge is 2.31. The zero-order valence-corrected chi connectivity index (χ0v) is 21.9. The first kappa shape index (κ1) is 26.4. The normalized spacial score (nSPS) is 15.6. The van der Waals surface area contributed by atoms with E-state index in [1.54, 1.807) is 36.0 Å². The molecule has 2 aromatic rings. The third kappa shape index (κ3) is 7.13. The predicted molar refractivity (Wildman–Crippen MR) is 143 cm³/mol. The first-order valence-electron chi connectivity index (χ1n) is 12.4. The van der Waals surface area contributed by atoms with Crippen molar-refractivity contribution in [3.05, 3.63) is 54.1 Å². The molecule has 1 atom stereocenters. The number of hydrogen-bond donors (Lipinski definition) is 0. The maximum atomic E-state index is 13.0. The summed E-state index contributed by atoms with van der Waals surface area (Å²) in [5, 5.41) is 0. The molecule has 1 saturated heterocycles. The van der Waals surface area contributed by atoms with Crippen molar-refractivity contribution < 1.29 is 20.5 Å². The van der Waals surface area contributed by atoms with Crippen LogP contribution < -0.4 is 14.5 Å². The molecule has 0 aliphatic carbocycles. The van der Waals surface area contributed by atoms with Gasteiger partial charge in [-0.1, -0.05) is 13.3 Å². The third-order valence-corrected chi connectivity index (χ3v) is 6.17. The Bertz CT molecular complexity index is 989. The molecular formula is C28H41N3O4. The number of likely N-dealkylation sites (N-methyl/N-ethyl adjacent to an activating group) is 1. The number of amides is 2. The summed E-state index contributed by atoms with van der Waals surface area (Å²) in [6.45, 7) is 10.0. The zero-order chi connectivity index (χ0) is 25.6. The van der Waals surface area contributed by atoms with Crippen LogP contribution in [0.25, 0.3) is 0 Å². The Kier molecular flexibility index (Phi) is 8.65. The van der Waals surface area contributed by atoms with Gasteiger partial charge in [-0.05, 0) is 82.1 Å². The van der Waals surface area contributed by atoms with E-state index in [9.17, 15) is 9.59 Å². The van der Waals surface area contributed by atoms with Crippen LogP contribution in [0.15, 0.2) is 48.5 Å². The van der Waals surface area contributed by atoms with E-state index < -0.39 is 5.60 Å². The molecule has 35 heavy (non-hydrogen) atoms. The Morgan fingerprint density at radius 3 is 2.31 bits per heavy atom. The molecule has 0 N–H and O–H groups in total. The summed E-state index contributed by atoms with van der Waals surface area (Å²) in [4.78, 5) is 31.0. The van der Waals surface area contributed by atoms with Crippen LogP contribution in [0.5, 0.6) is 5.75 Å². The second-order valence-corrected chi connectivity index (χ2v) is 10.1. The van der Waals surface area contributed by atoms with E-state index in [0.717, 1.165) is 49.5 Å². The molecule has 1 aliphatic rings. The van der Waals surface area contributed by atoms with Gasteiger partial charge in [0.05, 0.1) is 12.6 Å². The second-order valence-electron chi connectivity index (χ2n) is 10.1. The van der Waals surface area contributed by atoms with Crippen molar-refractivity contribution in [2.45, 2.75) is 58.6 Å². The van der Waals surface area contributed by atoms with Crippen LogP contribution in [0, 0.1) is 0 Å². The number of ether oxygens (including phenoxy) is 2. The van der Waals surface area contributed by atoms with Crippen LogP contribution in [0.1, 0.15) is 58.7 Å². The number of unbranched alkanes of at least 4 members (excludes halogenated alkanes) is 1. The number of carbonyl (C=O) groups is 2. The fourth-order valence-electron chi connectivity index (χ4n) is 4.00. The number of benzene rings is 2. The molecule has 0 spiro atoms. The van der Waals surface area contributed by atoms with E-state index in [0.29, 0.717) is 12.2 Å². The first-order chi connectivity index (χ1) is 16.6. The topological polar surface area (TPSA) is 62.3 Å². The lowest BCUT2D eigenvalue weighted by Gasteiger charge is -2.29. The minimum Gasteiger partial charge on any atom is -0.494 e. The van der Waals surface area contributed by atoms with Gasteiger partial charge in [-0.15, -0.1) is 0 Å². The minimum absolute atomic E-state index is 0. The lowest BCUT2D eigenvalue weighted by atomic mass is 10.1. The molecule has 0 radical (unpaired) electrons. The summed E-state index contributed by atoms with van der Waals surface area (Å²) in [6.07, 6.45) is 2.69. The molecule has 1 unspecified atom stereocenters. The largest absolute Gasteiger partial charge is 0.494 e. The van der Waals surface area contributed by atoms with Crippen LogP contribution in [0.2, 0.25) is 0 Å². The van der Waals surface area contributed by atoms with E-state index in [4.69, 9.17) is 9.47 Å². The Hall–Kier alpha value is -3.22. The van der Waals surface area contributed by atoms with E-state index in [2.05, 4.69) is 11.8 Å². The lowest BCUT2D eigenvalue weighted by molar-refractivity contribution is 0.0237. The Morgan fingerprint density at radius 2 is 1.71 bits per heavy atom. The van der Waals surface area contributed by atoms with Gasteiger partial charge >= 0.3 is 6.09 Å². The summed E-state index contributed by atoms with van der Waals surface area (Å²) in [5.74, 6) is 0.710. The van der Waals surface area contributed by atoms with E-state index in [-0.39, 0.29) is 19.5 Å². The maximum absolute atomic E-state index is 13.0. The van der Waals surface area contributed by atoms with Crippen LogP contribution in [0.3, 0.4) is 0 Å². The van der Waals surface area contributed by atoms with Gasteiger partial charge in [-0.25, -0.2) is 4.79 Å². The summed E-state index contributed by atoms with van der Waals surface area (Å²) < 4.78 is 11.2. The summed E-state index contributed by atoms with van der Waals surface area (Å²) in [6, 6.07) is 15.4. The summed E-state index contributed by atoms with van der Waals surface area (Å²) >= 11 is 0. The van der Waals surface area contributed by atoms with Crippen molar-refractivity contribution in [2.24, 2.45) is 0 Å². The third-order valence-electron chi connectivity index (χ3n) is 6.17. The highest BCUT2D eigenvalue weighted by molar-refractivity contribution is 6.05. The van der Waals surface area contributed by atoms with E-state index in [1.165, 1.54) is 0 Å². The van der Waals surface area contributed by atoms with Crippen LogP contribution in [-0.2, 0) is 4.74 Å². The highest BCUT2D eigenvalue weighted by atomic mass is 16.6. The van der Waals surface area contributed by atoms with E-state index in [1.807, 2.05) is 57.2 Å². The van der Waals surface area contributed by atoms with Crippen molar-refractivity contribution in [1.82, 2.24) is 4.90 Å². The number of anilines is 2. The SMILES string of the molecule is CCCCOc1ccc(C(=O)N(C)c2ccc(N3CCC(N(C)C(=O)OC(C)(C)C)C3)cc2)cc1.[HH]. The zero-order valence-electron chi connectivity index (χ0n) is 21.9. The molecule has 2 aromatic carbocycles. The van der Waals surface area contributed by atoms with Crippen molar-refractivity contribution in [3.8, 4) is 5.75 Å². The quantitative estimate of drug-likeness (QED) is 0.442. The van der Waals surface area contributed by atoms with Crippen molar-refractivity contribution in [2.75, 3.05) is 43.6 Å². The first-order valence-corrected chi connectivity index (χ1v) is 12.4. The fourth-order valence-corrected chi connectivity index (χ4v) is 4.00. The molecule has 1 heterocycles. The molecule has 0 aromatic heterocycles. The highest BCUT2D eigenvalue weighted by Crippen LogP contribution is 2.26. The molecule has 1 fully saturated rings. The van der Waals surface area contributed by atoms with Crippen molar-refractivity contribution in [1.29, 1.82) is 0 Å². The predicted octanol–water partition coefficient (Wildman–Crippen LogP) is 5.83. The Morgan fingerprint density at radius 1 is 1.06 bits per heavy atom. The fraction of sp³-hybridized carbons (Fsp3) is 0.500. The van der Waals surface area contributed by atoms with Crippen LogP contribution in [-0.4, -0.2) is 62.3 Å². The van der Waals surface area contributed by atoms with Gasteiger partial charge in [-0.3, -0.25) is 4.79 Å². The molecule has 192 valence electrons. The van der Waals surface area contributed by atoms with Gasteiger partial charge in [0.25, 0.3) is 5.91 Å². The standard InChI is InChI=1S/C28H39N3O4.H2/c1-7-8-19-34-25-15-9-21(10-16-25)26(32)29(5)22-11-13-23(14-12-22)31-18-17-24(20-31)30(6)27(33)35-28(2,3)4;/h9-16,24H,7-8,17-20H2,1-6H3;1H. The summed E-state index contributed by atoms with van der Waals surface area (Å²) in [7, 11) is 3.58. The van der Waals surface area contributed by atoms with Crippen LogP contribution >= 0.6 is 0 Å². The average molecular weight is 484 g/mol. The molecule has 0 bridgehead atoms. The molecule has 3 rings (SSSR count). The lowest BCUT2D eigenvalue weighted by Crippen LogP contribution is -2.42. The van der Waals surface area contributed by atoms with Gasteiger partial charge in [0.15, 0.2) is 0 Å². The molecule has 0 saturated carbocycles. The van der Waals surface area contributed by atoms with Crippen molar-refractivity contribution >= 4 is 23.4 Å². The molecule has 7 nitrogen and oxygen atoms in total. The molecule has 1 aliphatic heterocycles. The number of nitrogens with zero attached hydrogens (tertiary/aromatic N) is 3. The van der Waals surface area contributed by atoms with E-state index >= 15 is 0 Å². The number of carbonyl (C=O) groups excluding carboxylic acids is 2. The van der Waals surface area contributed by atoms with Gasteiger partial charge in [0.2, 0.25) is 0 Å².